The van der Waals surface area contributed by atoms with Gasteiger partial charge in [-0.2, -0.15) is 0 Å². The van der Waals surface area contributed by atoms with Crippen LogP contribution in [0.15, 0.2) is 0 Å². The van der Waals surface area contributed by atoms with Gasteiger partial charge in [0.25, 0.3) is 0 Å². The molecule has 0 radical (unpaired) electrons. The summed E-state index contributed by atoms with van der Waals surface area (Å²) in [6.07, 6.45) is 5.44. The van der Waals surface area contributed by atoms with Gasteiger partial charge >= 0.3 is 6.03 Å². The Morgan fingerprint density at radius 3 is 2.38 bits per heavy atom. The molecular formula is C9H16N2O2. The maximum absolute atomic E-state index is 11.4. The Labute approximate surface area is 77.9 Å². The van der Waals surface area contributed by atoms with Crippen LogP contribution in [0.2, 0.25) is 0 Å². The summed E-state index contributed by atoms with van der Waals surface area (Å²) in [5, 5.41) is 2.33. The number of nitrogens with two attached hydrogens (primary N) is 1. The molecule has 0 aromatic carbocycles. The minimum Gasteiger partial charge on any atom is -0.352 e. The lowest BCUT2D eigenvalue weighted by Crippen LogP contribution is -2.36. The van der Waals surface area contributed by atoms with Crippen LogP contribution in [0.3, 0.4) is 0 Å². The highest BCUT2D eigenvalue weighted by Gasteiger charge is 2.20. The van der Waals surface area contributed by atoms with Crippen LogP contribution in [0, 0.1) is 5.92 Å². The van der Waals surface area contributed by atoms with Gasteiger partial charge in [0.15, 0.2) is 5.78 Å². The average Bonchev–Trinajstić information content (AvgIpc) is 2.15. The second-order valence-corrected chi connectivity index (χ2v) is 3.52. The number of ketones is 1. The highest BCUT2D eigenvalue weighted by atomic mass is 16.2. The van der Waals surface area contributed by atoms with E-state index in [1.807, 2.05) is 0 Å². The third-order valence-corrected chi connectivity index (χ3v) is 2.50. The standard InChI is InChI=1S/C9H16N2O2/c10-9(13)11-6-8(12)7-4-2-1-3-5-7/h7H,1-6H2,(H3,10,11,13). The molecule has 4 heteroatoms. The number of rotatable bonds is 3. The topological polar surface area (TPSA) is 72.2 Å². The van der Waals surface area contributed by atoms with E-state index >= 15 is 0 Å². The fraction of sp³-hybridized carbons (Fsp3) is 0.778. The van der Waals surface area contributed by atoms with Gasteiger partial charge in [0.05, 0.1) is 6.54 Å². The molecule has 0 bridgehead atoms. The van der Waals surface area contributed by atoms with E-state index in [9.17, 15) is 9.59 Å². The van der Waals surface area contributed by atoms with E-state index in [1.165, 1.54) is 6.42 Å². The molecule has 0 unspecified atom stereocenters. The van der Waals surface area contributed by atoms with Crippen molar-refractivity contribution in [1.29, 1.82) is 0 Å². The Bertz CT molecular complexity index is 198. The van der Waals surface area contributed by atoms with Crippen molar-refractivity contribution in [1.82, 2.24) is 5.32 Å². The Morgan fingerprint density at radius 1 is 1.23 bits per heavy atom. The molecule has 0 atom stereocenters. The Morgan fingerprint density at radius 2 is 1.85 bits per heavy atom. The normalized spacial score (nSPS) is 18.2. The lowest BCUT2D eigenvalue weighted by atomic mass is 9.86. The van der Waals surface area contributed by atoms with Crippen LogP contribution >= 0.6 is 0 Å². The largest absolute Gasteiger partial charge is 0.352 e. The first-order valence-corrected chi connectivity index (χ1v) is 4.76. The molecule has 1 rings (SSSR count). The lowest BCUT2D eigenvalue weighted by Gasteiger charge is -2.19. The summed E-state index contributed by atoms with van der Waals surface area (Å²) in [4.78, 5) is 21.8. The van der Waals surface area contributed by atoms with Crippen LogP contribution in [0.1, 0.15) is 32.1 Å². The van der Waals surface area contributed by atoms with E-state index in [0.29, 0.717) is 0 Å². The van der Waals surface area contributed by atoms with Gasteiger partial charge in [-0.1, -0.05) is 19.3 Å². The number of nitrogens with one attached hydrogen (secondary N) is 1. The number of Topliss-reactive ketones (excluding diaryl/α,β-unsaturated/α-hetero) is 1. The Balaban J connectivity index is 2.25. The first-order valence-electron chi connectivity index (χ1n) is 4.76. The van der Waals surface area contributed by atoms with Crippen LogP contribution in [-0.2, 0) is 4.79 Å². The SMILES string of the molecule is NC(=O)NCC(=O)C1CCCCC1. The molecule has 0 spiro atoms. The van der Waals surface area contributed by atoms with Crippen molar-refractivity contribution >= 4 is 11.8 Å². The van der Waals surface area contributed by atoms with Gasteiger partial charge < -0.3 is 11.1 Å². The van der Waals surface area contributed by atoms with Crippen molar-refractivity contribution in [3.8, 4) is 0 Å². The molecule has 0 saturated heterocycles. The number of carbonyl (C=O) groups excluding carboxylic acids is 2. The first-order chi connectivity index (χ1) is 6.20. The van der Waals surface area contributed by atoms with Crippen molar-refractivity contribution in [3.63, 3.8) is 0 Å². The summed E-state index contributed by atoms with van der Waals surface area (Å²) in [5.74, 6) is 0.277. The number of hydrogen-bond acceptors (Lipinski definition) is 2. The monoisotopic (exact) mass is 184 g/mol. The second-order valence-electron chi connectivity index (χ2n) is 3.52. The zero-order valence-corrected chi connectivity index (χ0v) is 7.71. The molecule has 1 aliphatic carbocycles. The number of primary amides is 1. The molecule has 3 N–H and O–H groups in total. The van der Waals surface area contributed by atoms with Crippen LogP contribution in [0.25, 0.3) is 0 Å². The van der Waals surface area contributed by atoms with E-state index in [2.05, 4.69) is 5.32 Å². The lowest BCUT2D eigenvalue weighted by molar-refractivity contribution is -0.122. The molecule has 0 aliphatic heterocycles. The second kappa shape index (κ2) is 4.84. The van der Waals surface area contributed by atoms with Crippen molar-refractivity contribution in [2.24, 2.45) is 11.7 Å². The van der Waals surface area contributed by atoms with Crippen molar-refractivity contribution in [3.05, 3.63) is 0 Å². The van der Waals surface area contributed by atoms with Crippen molar-refractivity contribution in [2.45, 2.75) is 32.1 Å². The smallest absolute Gasteiger partial charge is 0.312 e. The van der Waals surface area contributed by atoms with E-state index < -0.39 is 6.03 Å². The van der Waals surface area contributed by atoms with E-state index in [4.69, 9.17) is 5.73 Å². The molecule has 13 heavy (non-hydrogen) atoms. The molecule has 0 heterocycles. The molecule has 1 aliphatic rings. The zero-order chi connectivity index (χ0) is 9.68. The van der Waals surface area contributed by atoms with Gasteiger partial charge in [0, 0.05) is 5.92 Å². The van der Waals surface area contributed by atoms with Gasteiger partial charge in [0.1, 0.15) is 0 Å². The van der Waals surface area contributed by atoms with Crippen molar-refractivity contribution in [2.75, 3.05) is 6.54 Å². The molecule has 1 fully saturated rings. The third kappa shape index (κ3) is 3.44. The molecule has 74 valence electrons. The summed E-state index contributed by atoms with van der Waals surface area (Å²) in [6.45, 7) is 0.0972. The summed E-state index contributed by atoms with van der Waals surface area (Å²) in [6, 6.07) is -0.621. The summed E-state index contributed by atoms with van der Waals surface area (Å²) in [7, 11) is 0. The molecule has 0 aromatic rings. The predicted octanol–water partition coefficient (Wildman–Crippen LogP) is 0.804. The van der Waals surface area contributed by atoms with Gasteiger partial charge in [0.2, 0.25) is 0 Å². The Kier molecular flexibility index (Phi) is 3.73. The number of urea groups is 1. The van der Waals surface area contributed by atoms with Gasteiger partial charge in [-0.25, -0.2) is 4.79 Å². The van der Waals surface area contributed by atoms with E-state index in [0.717, 1.165) is 25.7 Å². The number of hydrogen-bond donors (Lipinski definition) is 2. The van der Waals surface area contributed by atoms with Gasteiger partial charge in [-0.05, 0) is 12.8 Å². The maximum Gasteiger partial charge on any atom is 0.312 e. The Hall–Kier alpha value is -1.06. The first kappa shape index (κ1) is 10.0. The van der Waals surface area contributed by atoms with E-state index in [-0.39, 0.29) is 18.2 Å². The molecular weight excluding hydrogens is 168 g/mol. The average molecular weight is 184 g/mol. The molecule has 2 amide bonds. The quantitative estimate of drug-likeness (QED) is 0.681. The van der Waals surface area contributed by atoms with Crippen LogP contribution in [-0.4, -0.2) is 18.4 Å². The maximum atomic E-state index is 11.4. The number of amides is 2. The predicted molar refractivity (Wildman–Crippen MR) is 49.2 cm³/mol. The van der Waals surface area contributed by atoms with Crippen LogP contribution < -0.4 is 11.1 Å². The molecule has 1 saturated carbocycles. The molecule has 4 nitrogen and oxygen atoms in total. The third-order valence-electron chi connectivity index (χ3n) is 2.50. The number of carbonyl (C=O) groups is 2. The zero-order valence-electron chi connectivity index (χ0n) is 7.71. The highest BCUT2D eigenvalue weighted by Crippen LogP contribution is 2.23. The van der Waals surface area contributed by atoms with E-state index in [1.54, 1.807) is 0 Å². The summed E-state index contributed by atoms with van der Waals surface area (Å²) >= 11 is 0. The molecule has 0 aromatic heterocycles. The minimum absolute atomic E-state index is 0.0972. The fourth-order valence-electron chi connectivity index (χ4n) is 1.74. The van der Waals surface area contributed by atoms with Crippen LogP contribution in [0.5, 0.6) is 0 Å². The summed E-state index contributed by atoms with van der Waals surface area (Å²) in [5.41, 5.74) is 4.87. The highest BCUT2D eigenvalue weighted by molar-refractivity contribution is 5.86. The van der Waals surface area contributed by atoms with Gasteiger partial charge in [-0.3, -0.25) is 4.79 Å². The minimum atomic E-state index is -0.621. The summed E-state index contributed by atoms with van der Waals surface area (Å²) < 4.78 is 0. The van der Waals surface area contributed by atoms with Gasteiger partial charge in [-0.15, -0.1) is 0 Å². The van der Waals surface area contributed by atoms with Crippen LogP contribution in [0.4, 0.5) is 4.79 Å². The fourth-order valence-corrected chi connectivity index (χ4v) is 1.74. The van der Waals surface area contributed by atoms with Crippen molar-refractivity contribution < 1.29 is 9.59 Å².